The molecule has 0 aromatic carbocycles. The predicted octanol–water partition coefficient (Wildman–Crippen LogP) is 1.92. The van der Waals surface area contributed by atoms with Gasteiger partial charge in [0.05, 0.1) is 0 Å². The highest BCUT2D eigenvalue weighted by Crippen LogP contribution is 2.23. The summed E-state index contributed by atoms with van der Waals surface area (Å²) in [7, 11) is 3.65. The Morgan fingerprint density at radius 2 is 2.10 bits per heavy atom. The normalized spacial score (nSPS) is 16.2. The number of piperidine rings is 1. The Bertz CT molecular complexity index is 434. The zero-order valence-corrected chi connectivity index (χ0v) is 13.3. The van der Waals surface area contributed by atoms with Crippen LogP contribution in [0.15, 0.2) is 6.07 Å². The van der Waals surface area contributed by atoms with Crippen LogP contribution in [0, 0.1) is 5.92 Å². The van der Waals surface area contributed by atoms with Gasteiger partial charge in [-0.3, -0.25) is 0 Å². The second-order valence-electron chi connectivity index (χ2n) is 5.30. The minimum absolute atomic E-state index is 0.457. The zero-order chi connectivity index (χ0) is 15.1. The number of anilines is 2. The molecular formula is C15H26N4O2. The average Bonchev–Trinajstić information content (AvgIpc) is 2.53. The molecule has 118 valence electrons. The number of rotatable bonds is 7. The Hall–Kier alpha value is -1.40. The second kappa shape index (κ2) is 8.14. The summed E-state index contributed by atoms with van der Waals surface area (Å²) in [5.41, 5.74) is 0. The van der Waals surface area contributed by atoms with Gasteiger partial charge in [0.15, 0.2) is 5.82 Å². The Labute approximate surface area is 126 Å². The van der Waals surface area contributed by atoms with Gasteiger partial charge in [0.1, 0.15) is 18.2 Å². The van der Waals surface area contributed by atoms with E-state index in [9.17, 15) is 0 Å². The molecule has 0 radical (unpaired) electrons. The predicted molar refractivity (Wildman–Crippen MR) is 83.7 cm³/mol. The summed E-state index contributed by atoms with van der Waals surface area (Å²) in [6.45, 7) is 5.99. The van der Waals surface area contributed by atoms with E-state index in [-0.39, 0.29) is 0 Å². The molecule has 1 fully saturated rings. The molecule has 0 aliphatic carbocycles. The summed E-state index contributed by atoms with van der Waals surface area (Å²) in [6.07, 6.45) is 2.29. The molecule has 2 heterocycles. The summed E-state index contributed by atoms with van der Waals surface area (Å²) in [5.74, 6) is 3.23. The highest BCUT2D eigenvalue weighted by Gasteiger charge is 2.21. The van der Waals surface area contributed by atoms with E-state index in [1.165, 1.54) is 0 Å². The van der Waals surface area contributed by atoms with Crippen molar-refractivity contribution < 1.29 is 9.47 Å². The Morgan fingerprint density at radius 1 is 1.33 bits per heavy atom. The third-order valence-corrected chi connectivity index (χ3v) is 3.79. The van der Waals surface area contributed by atoms with Gasteiger partial charge in [-0.1, -0.05) is 0 Å². The van der Waals surface area contributed by atoms with Gasteiger partial charge < -0.3 is 19.7 Å². The van der Waals surface area contributed by atoms with Crippen LogP contribution in [0.3, 0.4) is 0 Å². The van der Waals surface area contributed by atoms with E-state index in [1.807, 2.05) is 20.0 Å². The number of hydrogen-bond acceptors (Lipinski definition) is 6. The molecule has 1 aromatic heterocycles. The van der Waals surface area contributed by atoms with E-state index in [1.54, 1.807) is 7.11 Å². The molecule has 0 spiro atoms. The van der Waals surface area contributed by atoms with Crippen molar-refractivity contribution in [2.45, 2.75) is 26.4 Å². The molecule has 21 heavy (non-hydrogen) atoms. The van der Waals surface area contributed by atoms with Crippen LogP contribution in [0.4, 0.5) is 11.6 Å². The molecule has 6 nitrogen and oxygen atoms in total. The fraction of sp³-hybridized carbons (Fsp3) is 0.733. The van der Waals surface area contributed by atoms with Crippen LogP contribution in [0.1, 0.15) is 25.6 Å². The summed E-state index contributed by atoms with van der Waals surface area (Å²) in [4.78, 5) is 11.4. The van der Waals surface area contributed by atoms with Crippen LogP contribution >= 0.6 is 0 Å². The standard InChI is InChI=1S/C15H26N4O2/c1-4-21-11-14-17-13(16-2)9-15(18-14)19-7-5-12(6-8-19)10-20-3/h9,12H,4-8,10-11H2,1-3H3,(H,16,17,18). The molecular weight excluding hydrogens is 268 g/mol. The lowest BCUT2D eigenvalue weighted by Crippen LogP contribution is -2.35. The highest BCUT2D eigenvalue weighted by atomic mass is 16.5. The van der Waals surface area contributed by atoms with E-state index in [4.69, 9.17) is 9.47 Å². The maximum atomic E-state index is 5.42. The molecule has 1 aliphatic rings. The van der Waals surface area contributed by atoms with Crippen molar-refractivity contribution in [1.82, 2.24) is 9.97 Å². The van der Waals surface area contributed by atoms with E-state index < -0.39 is 0 Å². The molecule has 0 atom stereocenters. The molecule has 0 amide bonds. The quantitative estimate of drug-likeness (QED) is 0.829. The van der Waals surface area contributed by atoms with Gasteiger partial charge in [-0.15, -0.1) is 0 Å². The minimum Gasteiger partial charge on any atom is -0.384 e. The van der Waals surface area contributed by atoms with Crippen LogP contribution in [0.2, 0.25) is 0 Å². The first kappa shape index (κ1) is 16.0. The number of nitrogens with zero attached hydrogens (tertiary/aromatic N) is 3. The smallest absolute Gasteiger partial charge is 0.158 e. The molecule has 1 aliphatic heterocycles. The zero-order valence-electron chi connectivity index (χ0n) is 13.3. The number of aromatic nitrogens is 2. The number of hydrogen-bond donors (Lipinski definition) is 1. The van der Waals surface area contributed by atoms with Crippen molar-refractivity contribution in [2.24, 2.45) is 5.92 Å². The first-order valence-corrected chi connectivity index (χ1v) is 7.64. The largest absolute Gasteiger partial charge is 0.384 e. The lowest BCUT2D eigenvalue weighted by Gasteiger charge is -2.32. The monoisotopic (exact) mass is 294 g/mol. The van der Waals surface area contributed by atoms with E-state index >= 15 is 0 Å². The molecule has 1 aromatic rings. The van der Waals surface area contributed by atoms with Gasteiger partial charge in [-0.2, -0.15) is 0 Å². The first-order valence-electron chi connectivity index (χ1n) is 7.64. The van der Waals surface area contributed by atoms with Gasteiger partial charge in [-0.25, -0.2) is 9.97 Å². The number of ether oxygens (including phenoxy) is 2. The van der Waals surface area contributed by atoms with Crippen LogP contribution < -0.4 is 10.2 Å². The summed E-state index contributed by atoms with van der Waals surface area (Å²) in [6, 6.07) is 2.01. The van der Waals surface area contributed by atoms with E-state index in [2.05, 4.69) is 20.2 Å². The number of methoxy groups -OCH3 is 1. The van der Waals surface area contributed by atoms with Crippen molar-refractivity contribution in [3.05, 3.63) is 11.9 Å². The van der Waals surface area contributed by atoms with Crippen LogP contribution in [0.25, 0.3) is 0 Å². The highest BCUT2D eigenvalue weighted by molar-refractivity contribution is 5.49. The Morgan fingerprint density at radius 3 is 2.71 bits per heavy atom. The SMILES string of the molecule is CCOCc1nc(NC)cc(N2CCC(COC)CC2)n1. The topological polar surface area (TPSA) is 59.5 Å². The minimum atomic E-state index is 0.457. The van der Waals surface area contributed by atoms with Crippen LogP contribution in [-0.2, 0) is 16.1 Å². The van der Waals surface area contributed by atoms with Crippen LogP contribution in [0.5, 0.6) is 0 Å². The molecule has 0 unspecified atom stereocenters. The molecule has 6 heteroatoms. The van der Waals surface area contributed by atoms with Crippen molar-refractivity contribution in [2.75, 3.05) is 50.7 Å². The lowest BCUT2D eigenvalue weighted by atomic mass is 9.98. The second-order valence-corrected chi connectivity index (χ2v) is 5.30. The van der Waals surface area contributed by atoms with Crippen molar-refractivity contribution in [3.63, 3.8) is 0 Å². The van der Waals surface area contributed by atoms with Gasteiger partial charge in [0.25, 0.3) is 0 Å². The molecule has 0 saturated carbocycles. The summed E-state index contributed by atoms with van der Waals surface area (Å²) < 4.78 is 10.7. The molecule has 1 saturated heterocycles. The van der Waals surface area contributed by atoms with E-state index in [0.717, 1.165) is 50.0 Å². The fourth-order valence-corrected chi connectivity index (χ4v) is 2.60. The third kappa shape index (κ3) is 4.54. The first-order chi connectivity index (χ1) is 10.3. The summed E-state index contributed by atoms with van der Waals surface area (Å²) in [5, 5.41) is 3.10. The maximum absolute atomic E-state index is 5.42. The van der Waals surface area contributed by atoms with Crippen molar-refractivity contribution >= 4 is 11.6 Å². The molecule has 2 rings (SSSR count). The van der Waals surface area contributed by atoms with Gasteiger partial charge in [-0.05, 0) is 25.7 Å². The molecule has 0 bridgehead atoms. The van der Waals surface area contributed by atoms with Crippen molar-refractivity contribution in [3.8, 4) is 0 Å². The maximum Gasteiger partial charge on any atom is 0.158 e. The summed E-state index contributed by atoms with van der Waals surface area (Å²) >= 11 is 0. The average molecular weight is 294 g/mol. The Balaban J connectivity index is 2.04. The fourth-order valence-electron chi connectivity index (χ4n) is 2.60. The van der Waals surface area contributed by atoms with Crippen LogP contribution in [-0.4, -0.2) is 50.4 Å². The van der Waals surface area contributed by atoms with E-state index in [0.29, 0.717) is 19.1 Å². The molecule has 1 N–H and O–H groups in total. The Kier molecular flexibility index (Phi) is 6.20. The van der Waals surface area contributed by atoms with Gasteiger partial charge in [0, 0.05) is 46.5 Å². The van der Waals surface area contributed by atoms with Crippen molar-refractivity contribution in [1.29, 1.82) is 0 Å². The van der Waals surface area contributed by atoms with Gasteiger partial charge >= 0.3 is 0 Å². The number of nitrogens with one attached hydrogen (secondary N) is 1. The third-order valence-electron chi connectivity index (χ3n) is 3.79. The van der Waals surface area contributed by atoms with Gasteiger partial charge in [0.2, 0.25) is 0 Å². The lowest BCUT2D eigenvalue weighted by molar-refractivity contribution is 0.128.